The Balaban J connectivity index is 2.15. The number of ketones is 1. The SMILES string of the molecule is CC(=O)N1c2ccccc2C(=O)[C@@H]1[C@H](C[N+](=O)[O-])c1ccccc1Cl. The van der Waals surface area contributed by atoms with Gasteiger partial charge in [0.2, 0.25) is 12.5 Å². The van der Waals surface area contributed by atoms with Gasteiger partial charge in [0.05, 0.1) is 11.6 Å². The van der Waals surface area contributed by atoms with E-state index in [9.17, 15) is 19.7 Å². The maximum absolute atomic E-state index is 13.0. The van der Waals surface area contributed by atoms with Gasteiger partial charge in [-0.15, -0.1) is 0 Å². The first kappa shape index (κ1) is 17.1. The first-order valence-electron chi connectivity index (χ1n) is 7.71. The van der Waals surface area contributed by atoms with E-state index in [2.05, 4.69) is 0 Å². The molecule has 3 rings (SSSR count). The Labute approximate surface area is 149 Å². The number of halogens is 1. The van der Waals surface area contributed by atoms with Gasteiger partial charge < -0.3 is 4.90 Å². The average molecular weight is 359 g/mol. The Kier molecular flexibility index (Phi) is 4.55. The van der Waals surface area contributed by atoms with Crippen LogP contribution in [0.3, 0.4) is 0 Å². The monoisotopic (exact) mass is 358 g/mol. The van der Waals surface area contributed by atoms with Crippen LogP contribution in [0.1, 0.15) is 28.8 Å². The lowest BCUT2D eigenvalue weighted by Gasteiger charge is -2.28. The number of fused-ring (bicyclic) bond motifs is 1. The summed E-state index contributed by atoms with van der Waals surface area (Å²) in [5, 5.41) is 11.6. The molecule has 0 fully saturated rings. The van der Waals surface area contributed by atoms with Gasteiger partial charge in [0, 0.05) is 22.4 Å². The minimum atomic E-state index is -0.986. The predicted octanol–water partition coefficient (Wildman–Crippen LogP) is 3.32. The van der Waals surface area contributed by atoms with Gasteiger partial charge in [0.25, 0.3) is 0 Å². The quantitative estimate of drug-likeness (QED) is 0.620. The second-order valence-electron chi connectivity index (χ2n) is 5.86. The maximum Gasteiger partial charge on any atom is 0.224 e. The van der Waals surface area contributed by atoms with E-state index in [0.717, 1.165) is 0 Å². The van der Waals surface area contributed by atoms with Gasteiger partial charge in [-0.2, -0.15) is 0 Å². The fraction of sp³-hybridized carbons (Fsp3) is 0.222. The Bertz CT molecular complexity index is 868. The van der Waals surface area contributed by atoms with E-state index in [4.69, 9.17) is 11.6 Å². The summed E-state index contributed by atoms with van der Waals surface area (Å²) in [6, 6.07) is 12.4. The normalized spacial score (nSPS) is 17.3. The smallest absolute Gasteiger partial charge is 0.224 e. The van der Waals surface area contributed by atoms with Crippen LogP contribution in [0.2, 0.25) is 5.02 Å². The topological polar surface area (TPSA) is 80.5 Å². The minimum absolute atomic E-state index is 0.308. The number of para-hydroxylation sites is 1. The molecule has 0 spiro atoms. The molecular formula is C18H15ClN2O4. The van der Waals surface area contributed by atoms with Crippen molar-refractivity contribution >= 4 is 29.0 Å². The first-order valence-corrected chi connectivity index (χ1v) is 8.09. The van der Waals surface area contributed by atoms with Gasteiger partial charge in [0.1, 0.15) is 6.04 Å². The van der Waals surface area contributed by atoms with Crippen LogP contribution in [0.4, 0.5) is 5.69 Å². The number of rotatable bonds is 4. The van der Waals surface area contributed by atoms with Crippen LogP contribution in [-0.4, -0.2) is 29.2 Å². The fourth-order valence-corrected chi connectivity index (χ4v) is 3.63. The summed E-state index contributed by atoms with van der Waals surface area (Å²) in [6.45, 7) is 0.843. The van der Waals surface area contributed by atoms with Crippen molar-refractivity contribution in [2.24, 2.45) is 0 Å². The molecule has 0 saturated carbocycles. The summed E-state index contributed by atoms with van der Waals surface area (Å²) in [4.78, 5) is 37.3. The van der Waals surface area contributed by atoms with Gasteiger partial charge in [-0.3, -0.25) is 19.7 Å². The van der Waals surface area contributed by atoms with Crippen LogP contribution < -0.4 is 4.90 Å². The summed E-state index contributed by atoms with van der Waals surface area (Å²) in [6.07, 6.45) is 0. The van der Waals surface area contributed by atoms with E-state index in [-0.39, 0.29) is 11.7 Å². The lowest BCUT2D eigenvalue weighted by molar-refractivity contribution is -0.483. The Morgan fingerprint density at radius 3 is 2.52 bits per heavy atom. The fourth-order valence-electron chi connectivity index (χ4n) is 3.35. The van der Waals surface area contributed by atoms with Gasteiger partial charge in [-0.1, -0.05) is 41.9 Å². The molecule has 1 aliphatic heterocycles. The molecule has 2 atom stereocenters. The number of anilines is 1. The molecular weight excluding hydrogens is 344 g/mol. The Hall–Kier alpha value is -2.73. The number of benzene rings is 2. The zero-order valence-electron chi connectivity index (χ0n) is 13.4. The molecule has 0 unspecified atom stereocenters. The van der Waals surface area contributed by atoms with Gasteiger partial charge in [0.15, 0.2) is 5.78 Å². The largest absolute Gasteiger partial charge is 0.300 e. The summed E-state index contributed by atoms with van der Waals surface area (Å²) >= 11 is 6.23. The van der Waals surface area contributed by atoms with Crippen molar-refractivity contribution in [3.05, 3.63) is 74.8 Å². The molecule has 0 bridgehead atoms. The number of hydrogen-bond donors (Lipinski definition) is 0. The second-order valence-corrected chi connectivity index (χ2v) is 6.27. The van der Waals surface area contributed by atoms with Gasteiger partial charge in [-0.05, 0) is 23.8 Å². The molecule has 1 amide bonds. The van der Waals surface area contributed by atoms with Crippen LogP contribution in [0.5, 0.6) is 0 Å². The molecule has 0 aromatic heterocycles. The number of hydrogen-bond acceptors (Lipinski definition) is 4. The molecule has 128 valence electrons. The van der Waals surface area contributed by atoms with E-state index in [1.54, 1.807) is 48.5 Å². The van der Waals surface area contributed by atoms with Crippen molar-refractivity contribution in [2.45, 2.75) is 18.9 Å². The summed E-state index contributed by atoms with van der Waals surface area (Å²) in [7, 11) is 0. The van der Waals surface area contributed by atoms with E-state index in [1.165, 1.54) is 11.8 Å². The van der Waals surface area contributed by atoms with Crippen LogP contribution in [0.25, 0.3) is 0 Å². The average Bonchev–Trinajstić information content (AvgIpc) is 2.86. The molecule has 0 radical (unpaired) electrons. The molecule has 0 saturated heterocycles. The minimum Gasteiger partial charge on any atom is -0.300 e. The molecule has 2 aromatic carbocycles. The van der Waals surface area contributed by atoms with Crippen molar-refractivity contribution in [1.82, 2.24) is 0 Å². The third-order valence-electron chi connectivity index (χ3n) is 4.35. The van der Waals surface area contributed by atoms with Gasteiger partial charge in [-0.25, -0.2) is 0 Å². The number of carbonyl (C=O) groups is 2. The van der Waals surface area contributed by atoms with Crippen molar-refractivity contribution in [3.63, 3.8) is 0 Å². The van der Waals surface area contributed by atoms with Gasteiger partial charge >= 0.3 is 0 Å². The zero-order valence-corrected chi connectivity index (χ0v) is 14.1. The number of nitrogens with zero attached hydrogens (tertiary/aromatic N) is 2. The van der Waals surface area contributed by atoms with E-state index < -0.39 is 23.4 Å². The maximum atomic E-state index is 13.0. The molecule has 7 heteroatoms. The first-order chi connectivity index (χ1) is 11.9. The molecule has 2 aromatic rings. The molecule has 0 aliphatic carbocycles. The van der Waals surface area contributed by atoms with Crippen LogP contribution in [0, 0.1) is 10.1 Å². The Morgan fingerprint density at radius 2 is 1.88 bits per heavy atom. The van der Waals surface area contributed by atoms with E-state index in [1.807, 2.05) is 0 Å². The number of Topliss-reactive ketones (excluding diaryl/α,β-unsaturated/α-hetero) is 1. The van der Waals surface area contributed by atoms with Crippen LogP contribution in [-0.2, 0) is 4.79 Å². The van der Waals surface area contributed by atoms with Crippen molar-refractivity contribution in [3.8, 4) is 0 Å². The third kappa shape index (κ3) is 3.00. The molecule has 25 heavy (non-hydrogen) atoms. The van der Waals surface area contributed by atoms with Crippen molar-refractivity contribution < 1.29 is 14.5 Å². The zero-order chi connectivity index (χ0) is 18.1. The summed E-state index contributed by atoms with van der Waals surface area (Å²) in [5.74, 6) is -1.49. The summed E-state index contributed by atoms with van der Waals surface area (Å²) in [5.41, 5.74) is 1.35. The molecule has 1 heterocycles. The van der Waals surface area contributed by atoms with E-state index in [0.29, 0.717) is 21.8 Å². The number of carbonyl (C=O) groups excluding carboxylic acids is 2. The highest BCUT2D eigenvalue weighted by Gasteiger charge is 2.46. The number of amides is 1. The standard InChI is InChI=1S/C18H15ClN2O4/c1-11(22)21-16-9-5-3-7-13(16)18(23)17(21)14(10-20(24)25)12-6-2-4-8-15(12)19/h2-9,14,17H,10H2,1H3/t14-,17+/m1/s1. The highest BCUT2D eigenvalue weighted by molar-refractivity contribution is 6.31. The third-order valence-corrected chi connectivity index (χ3v) is 4.69. The molecule has 0 N–H and O–H groups in total. The lowest BCUT2D eigenvalue weighted by atomic mass is 9.88. The van der Waals surface area contributed by atoms with E-state index >= 15 is 0 Å². The van der Waals surface area contributed by atoms with Crippen LogP contribution in [0.15, 0.2) is 48.5 Å². The number of nitro groups is 1. The molecule has 6 nitrogen and oxygen atoms in total. The highest BCUT2D eigenvalue weighted by Crippen LogP contribution is 2.40. The predicted molar refractivity (Wildman–Crippen MR) is 93.8 cm³/mol. The molecule has 1 aliphatic rings. The van der Waals surface area contributed by atoms with Crippen LogP contribution >= 0.6 is 11.6 Å². The highest BCUT2D eigenvalue weighted by atomic mass is 35.5. The summed E-state index contributed by atoms with van der Waals surface area (Å²) < 4.78 is 0. The lowest BCUT2D eigenvalue weighted by Crippen LogP contribution is -2.45. The Morgan fingerprint density at radius 1 is 1.24 bits per heavy atom. The second kappa shape index (κ2) is 6.64. The van der Waals surface area contributed by atoms with Crippen molar-refractivity contribution in [2.75, 3.05) is 11.4 Å². The van der Waals surface area contributed by atoms with Crippen molar-refractivity contribution in [1.29, 1.82) is 0 Å².